The molecule has 0 bridgehead atoms. The van der Waals surface area contributed by atoms with E-state index >= 15 is 0 Å². The maximum atomic E-state index is 5.68. The van der Waals surface area contributed by atoms with Crippen LogP contribution in [0.1, 0.15) is 19.1 Å². The standard InChI is InChI=1S/C13H19N5O/c1-2-10-4-5-11(19-10)12-15-13(17-16-12)18-8-3-6-14-7-9-18/h4-5,14H,2-3,6-9H2,1H3,(H,15,16,17). The molecule has 1 aliphatic rings. The van der Waals surface area contributed by atoms with Gasteiger partial charge in [-0.1, -0.05) is 6.92 Å². The van der Waals surface area contributed by atoms with Gasteiger partial charge in [-0.25, -0.2) is 0 Å². The predicted octanol–water partition coefficient (Wildman–Crippen LogP) is 1.43. The van der Waals surface area contributed by atoms with E-state index < -0.39 is 0 Å². The molecular weight excluding hydrogens is 242 g/mol. The molecule has 0 spiro atoms. The van der Waals surface area contributed by atoms with Crippen molar-refractivity contribution in [2.45, 2.75) is 19.8 Å². The van der Waals surface area contributed by atoms with Crippen molar-refractivity contribution in [3.8, 4) is 11.6 Å². The second kappa shape index (κ2) is 5.44. The summed E-state index contributed by atoms with van der Waals surface area (Å²) in [6, 6.07) is 3.92. The Morgan fingerprint density at radius 1 is 1.32 bits per heavy atom. The van der Waals surface area contributed by atoms with E-state index in [4.69, 9.17) is 4.42 Å². The van der Waals surface area contributed by atoms with Crippen molar-refractivity contribution in [2.75, 3.05) is 31.1 Å². The number of hydrogen-bond acceptors (Lipinski definition) is 5. The maximum absolute atomic E-state index is 5.68. The molecule has 0 unspecified atom stereocenters. The van der Waals surface area contributed by atoms with E-state index in [0.717, 1.165) is 56.5 Å². The first kappa shape index (κ1) is 12.2. The van der Waals surface area contributed by atoms with Gasteiger partial charge in [0.2, 0.25) is 5.95 Å². The minimum Gasteiger partial charge on any atom is -0.458 e. The first-order chi connectivity index (χ1) is 9.36. The van der Waals surface area contributed by atoms with Crippen LogP contribution in [0.2, 0.25) is 0 Å². The van der Waals surface area contributed by atoms with E-state index in [0.29, 0.717) is 5.82 Å². The van der Waals surface area contributed by atoms with Crippen molar-refractivity contribution < 1.29 is 4.42 Å². The van der Waals surface area contributed by atoms with Crippen molar-refractivity contribution >= 4 is 5.95 Å². The third kappa shape index (κ3) is 2.63. The van der Waals surface area contributed by atoms with Gasteiger partial charge >= 0.3 is 0 Å². The molecular formula is C13H19N5O. The van der Waals surface area contributed by atoms with Gasteiger partial charge in [-0.15, -0.1) is 5.10 Å². The minimum absolute atomic E-state index is 0.701. The Labute approximate surface area is 112 Å². The maximum Gasteiger partial charge on any atom is 0.245 e. The van der Waals surface area contributed by atoms with Crippen molar-refractivity contribution in [1.82, 2.24) is 20.5 Å². The summed E-state index contributed by atoms with van der Waals surface area (Å²) in [5.74, 6) is 3.18. The quantitative estimate of drug-likeness (QED) is 0.874. The normalized spacial score (nSPS) is 16.6. The predicted molar refractivity (Wildman–Crippen MR) is 73.2 cm³/mol. The molecule has 2 N–H and O–H groups in total. The molecule has 3 rings (SSSR count). The summed E-state index contributed by atoms with van der Waals surface area (Å²) in [5, 5.41) is 10.6. The zero-order valence-corrected chi connectivity index (χ0v) is 11.1. The molecule has 6 heteroatoms. The van der Waals surface area contributed by atoms with Gasteiger partial charge in [0.15, 0.2) is 11.6 Å². The van der Waals surface area contributed by atoms with E-state index in [-0.39, 0.29) is 0 Å². The Balaban J connectivity index is 1.78. The summed E-state index contributed by atoms with van der Waals surface area (Å²) < 4.78 is 5.68. The summed E-state index contributed by atoms with van der Waals surface area (Å²) in [4.78, 5) is 6.73. The highest BCUT2D eigenvalue weighted by Gasteiger charge is 2.16. The third-order valence-electron chi connectivity index (χ3n) is 3.34. The van der Waals surface area contributed by atoms with Crippen LogP contribution in [0.5, 0.6) is 0 Å². The molecule has 3 heterocycles. The fourth-order valence-electron chi connectivity index (χ4n) is 2.25. The molecule has 2 aromatic heterocycles. The number of H-pyrrole nitrogens is 1. The number of nitrogens with one attached hydrogen (secondary N) is 2. The fourth-order valence-corrected chi connectivity index (χ4v) is 2.25. The lowest BCUT2D eigenvalue weighted by molar-refractivity contribution is 0.526. The highest BCUT2D eigenvalue weighted by Crippen LogP contribution is 2.21. The number of aryl methyl sites for hydroxylation is 1. The van der Waals surface area contributed by atoms with Crippen molar-refractivity contribution in [3.63, 3.8) is 0 Å². The van der Waals surface area contributed by atoms with E-state index in [1.165, 1.54) is 0 Å². The lowest BCUT2D eigenvalue weighted by Crippen LogP contribution is -2.28. The lowest BCUT2D eigenvalue weighted by atomic mass is 10.3. The van der Waals surface area contributed by atoms with Crippen molar-refractivity contribution in [3.05, 3.63) is 17.9 Å². The summed E-state index contributed by atoms with van der Waals surface area (Å²) in [5.41, 5.74) is 0. The third-order valence-corrected chi connectivity index (χ3v) is 3.34. The highest BCUT2D eigenvalue weighted by atomic mass is 16.3. The number of rotatable bonds is 3. The molecule has 2 aromatic rings. The number of furan rings is 1. The Kier molecular flexibility index (Phi) is 3.50. The zero-order valence-electron chi connectivity index (χ0n) is 11.1. The molecule has 0 radical (unpaired) electrons. The number of anilines is 1. The molecule has 0 aliphatic carbocycles. The minimum atomic E-state index is 0.701. The van der Waals surface area contributed by atoms with Gasteiger partial charge in [0.25, 0.3) is 0 Å². The Morgan fingerprint density at radius 3 is 3.11 bits per heavy atom. The molecule has 1 fully saturated rings. The average Bonchev–Trinajstić information content (AvgIpc) is 3.02. The smallest absolute Gasteiger partial charge is 0.245 e. The topological polar surface area (TPSA) is 70.0 Å². The lowest BCUT2D eigenvalue weighted by Gasteiger charge is -2.16. The van der Waals surface area contributed by atoms with Gasteiger partial charge in [0, 0.05) is 26.1 Å². The zero-order chi connectivity index (χ0) is 13.1. The SMILES string of the molecule is CCc1ccc(-c2nc(N3CCCNCC3)n[nH]2)o1. The molecule has 0 atom stereocenters. The monoisotopic (exact) mass is 261 g/mol. The van der Waals surface area contributed by atoms with Gasteiger partial charge in [-0.2, -0.15) is 4.98 Å². The van der Waals surface area contributed by atoms with Crippen LogP contribution in [-0.2, 0) is 6.42 Å². The van der Waals surface area contributed by atoms with Crippen molar-refractivity contribution in [2.24, 2.45) is 0 Å². The van der Waals surface area contributed by atoms with Gasteiger partial charge in [-0.05, 0) is 25.1 Å². The molecule has 102 valence electrons. The van der Waals surface area contributed by atoms with E-state index in [9.17, 15) is 0 Å². The molecule has 1 aliphatic heterocycles. The molecule has 0 saturated carbocycles. The Morgan fingerprint density at radius 2 is 2.26 bits per heavy atom. The number of aromatic nitrogens is 3. The van der Waals surface area contributed by atoms with Gasteiger partial charge in [-0.3, -0.25) is 5.10 Å². The fraction of sp³-hybridized carbons (Fsp3) is 0.538. The van der Waals surface area contributed by atoms with Gasteiger partial charge in [0.05, 0.1) is 0 Å². The number of nitrogens with zero attached hydrogens (tertiary/aromatic N) is 3. The van der Waals surface area contributed by atoms with Crippen LogP contribution in [0.25, 0.3) is 11.6 Å². The summed E-state index contributed by atoms with van der Waals surface area (Å²) in [6.07, 6.45) is 2.00. The molecule has 0 aromatic carbocycles. The van der Waals surface area contributed by atoms with Gasteiger partial charge in [0.1, 0.15) is 5.76 Å². The van der Waals surface area contributed by atoms with Crippen LogP contribution in [-0.4, -0.2) is 41.4 Å². The highest BCUT2D eigenvalue weighted by molar-refractivity contribution is 5.49. The average molecular weight is 261 g/mol. The van der Waals surface area contributed by atoms with Crippen LogP contribution < -0.4 is 10.2 Å². The second-order valence-corrected chi connectivity index (χ2v) is 4.69. The molecule has 1 saturated heterocycles. The molecule has 6 nitrogen and oxygen atoms in total. The van der Waals surface area contributed by atoms with Crippen LogP contribution in [0.3, 0.4) is 0 Å². The van der Waals surface area contributed by atoms with Gasteiger partial charge < -0.3 is 14.6 Å². The van der Waals surface area contributed by atoms with Crippen molar-refractivity contribution in [1.29, 1.82) is 0 Å². The molecule has 0 amide bonds. The first-order valence-corrected chi connectivity index (χ1v) is 6.84. The summed E-state index contributed by atoms with van der Waals surface area (Å²) >= 11 is 0. The van der Waals surface area contributed by atoms with Crippen LogP contribution >= 0.6 is 0 Å². The Hall–Kier alpha value is -1.82. The van der Waals surface area contributed by atoms with E-state index in [1.807, 2.05) is 12.1 Å². The number of hydrogen-bond donors (Lipinski definition) is 2. The molecule has 19 heavy (non-hydrogen) atoms. The van der Waals surface area contributed by atoms with Crippen LogP contribution in [0, 0.1) is 0 Å². The second-order valence-electron chi connectivity index (χ2n) is 4.69. The van der Waals surface area contributed by atoms with Crippen LogP contribution in [0.15, 0.2) is 16.5 Å². The largest absolute Gasteiger partial charge is 0.458 e. The summed E-state index contributed by atoms with van der Waals surface area (Å²) in [7, 11) is 0. The number of aromatic amines is 1. The van der Waals surface area contributed by atoms with E-state index in [2.05, 4.69) is 32.3 Å². The Bertz CT molecular complexity index is 525. The van der Waals surface area contributed by atoms with E-state index in [1.54, 1.807) is 0 Å². The first-order valence-electron chi connectivity index (χ1n) is 6.84. The van der Waals surface area contributed by atoms with Crippen LogP contribution in [0.4, 0.5) is 5.95 Å². The summed E-state index contributed by atoms with van der Waals surface area (Å²) in [6.45, 7) is 6.04.